The first kappa shape index (κ1) is 10.8. The van der Waals surface area contributed by atoms with E-state index in [0.717, 1.165) is 23.6 Å². The minimum absolute atomic E-state index is 0.234. The molecule has 5 heteroatoms. The topological polar surface area (TPSA) is 69.6 Å². The molecule has 0 amide bonds. The Hall–Kier alpha value is -1.75. The highest BCUT2D eigenvalue weighted by Crippen LogP contribution is 2.16. The zero-order valence-electron chi connectivity index (χ0n) is 9.46. The normalized spacial score (nSPS) is 12.7. The second-order valence-corrected chi connectivity index (χ2v) is 3.64. The van der Waals surface area contributed by atoms with Crippen molar-refractivity contribution in [3.05, 3.63) is 41.7 Å². The molecule has 2 N–H and O–H groups in total. The lowest BCUT2D eigenvalue weighted by molar-refractivity contribution is 0.658. The molecule has 0 spiro atoms. The fraction of sp³-hybridized carbons (Fsp3) is 0.364. The van der Waals surface area contributed by atoms with Gasteiger partial charge in [-0.2, -0.15) is 5.10 Å². The standard InChI is InChI=1S/C11H15N5/c1-3-16-7-9(6-14-16)11(12)10-4-5-13-8(2)15-10/h4-7,11H,3,12H2,1-2H3. The van der Waals surface area contributed by atoms with Gasteiger partial charge in [0.15, 0.2) is 0 Å². The van der Waals surface area contributed by atoms with Gasteiger partial charge in [-0.25, -0.2) is 9.97 Å². The summed E-state index contributed by atoms with van der Waals surface area (Å²) in [6.07, 6.45) is 5.45. The number of aryl methyl sites for hydroxylation is 2. The van der Waals surface area contributed by atoms with Crippen molar-refractivity contribution in [1.82, 2.24) is 19.7 Å². The summed E-state index contributed by atoms with van der Waals surface area (Å²) in [6.45, 7) is 4.73. The molecule has 0 saturated heterocycles. The SMILES string of the molecule is CCn1cc(C(N)c2ccnc(C)n2)cn1. The van der Waals surface area contributed by atoms with Crippen LogP contribution >= 0.6 is 0 Å². The van der Waals surface area contributed by atoms with Crippen molar-refractivity contribution in [3.8, 4) is 0 Å². The van der Waals surface area contributed by atoms with Crippen LogP contribution in [0.25, 0.3) is 0 Å². The predicted molar refractivity (Wildman–Crippen MR) is 60.7 cm³/mol. The molecule has 0 aromatic carbocycles. The van der Waals surface area contributed by atoms with Gasteiger partial charge in [0.1, 0.15) is 5.82 Å². The fourth-order valence-corrected chi connectivity index (χ4v) is 1.53. The van der Waals surface area contributed by atoms with Crippen molar-refractivity contribution in [2.75, 3.05) is 0 Å². The van der Waals surface area contributed by atoms with Crippen molar-refractivity contribution in [2.24, 2.45) is 5.73 Å². The summed E-state index contributed by atoms with van der Waals surface area (Å²) in [5, 5.41) is 4.20. The van der Waals surface area contributed by atoms with Crippen LogP contribution in [0.3, 0.4) is 0 Å². The Balaban J connectivity index is 2.27. The van der Waals surface area contributed by atoms with E-state index in [1.807, 2.05) is 30.8 Å². The first-order valence-corrected chi connectivity index (χ1v) is 5.28. The van der Waals surface area contributed by atoms with Crippen LogP contribution in [0.1, 0.15) is 30.0 Å². The molecule has 0 bridgehead atoms. The van der Waals surface area contributed by atoms with E-state index >= 15 is 0 Å². The Morgan fingerprint density at radius 1 is 1.50 bits per heavy atom. The van der Waals surface area contributed by atoms with E-state index in [4.69, 9.17) is 5.73 Å². The molecule has 0 saturated carbocycles. The molecule has 0 aliphatic carbocycles. The average molecular weight is 217 g/mol. The van der Waals surface area contributed by atoms with E-state index < -0.39 is 0 Å². The number of aromatic nitrogens is 4. The van der Waals surface area contributed by atoms with Gasteiger partial charge in [-0.1, -0.05) is 0 Å². The second-order valence-electron chi connectivity index (χ2n) is 3.64. The average Bonchev–Trinajstić information content (AvgIpc) is 2.76. The highest BCUT2D eigenvalue weighted by molar-refractivity contribution is 5.22. The number of rotatable bonds is 3. The van der Waals surface area contributed by atoms with Gasteiger partial charge < -0.3 is 5.73 Å². The molecule has 1 unspecified atom stereocenters. The molecule has 2 aromatic heterocycles. The van der Waals surface area contributed by atoms with Gasteiger partial charge in [0.05, 0.1) is 17.9 Å². The number of hydrogen-bond acceptors (Lipinski definition) is 4. The summed E-state index contributed by atoms with van der Waals surface area (Å²) in [5.74, 6) is 0.732. The predicted octanol–water partition coefficient (Wildman–Crippen LogP) is 1.05. The molecule has 84 valence electrons. The van der Waals surface area contributed by atoms with Gasteiger partial charge in [0.25, 0.3) is 0 Å². The molecule has 0 aliphatic heterocycles. The first-order valence-electron chi connectivity index (χ1n) is 5.28. The quantitative estimate of drug-likeness (QED) is 0.834. The van der Waals surface area contributed by atoms with E-state index in [1.165, 1.54) is 0 Å². The minimum atomic E-state index is -0.234. The summed E-state index contributed by atoms with van der Waals surface area (Å²) in [5.41, 5.74) is 7.90. The van der Waals surface area contributed by atoms with Crippen LogP contribution in [0.15, 0.2) is 24.7 Å². The number of hydrogen-bond donors (Lipinski definition) is 1. The molecule has 2 rings (SSSR count). The van der Waals surface area contributed by atoms with E-state index in [-0.39, 0.29) is 6.04 Å². The zero-order chi connectivity index (χ0) is 11.5. The molecule has 0 aliphatic rings. The lowest BCUT2D eigenvalue weighted by Gasteiger charge is -2.08. The van der Waals surface area contributed by atoms with Crippen molar-refractivity contribution < 1.29 is 0 Å². The molecular formula is C11H15N5. The molecule has 2 aromatic rings. The fourth-order valence-electron chi connectivity index (χ4n) is 1.53. The minimum Gasteiger partial charge on any atom is -0.319 e. The maximum atomic E-state index is 6.11. The Kier molecular flexibility index (Phi) is 2.96. The van der Waals surface area contributed by atoms with Gasteiger partial charge in [-0.3, -0.25) is 4.68 Å². The lowest BCUT2D eigenvalue weighted by Crippen LogP contribution is -2.13. The summed E-state index contributed by atoms with van der Waals surface area (Å²) in [7, 11) is 0. The third kappa shape index (κ3) is 2.09. The highest BCUT2D eigenvalue weighted by atomic mass is 15.3. The molecule has 16 heavy (non-hydrogen) atoms. The van der Waals surface area contributed by atoms with E-state index in [1.54, 1.807) is 12.4 Å². The molecule has 2 heterocycles. The van der Waals surface area contributed by atoms with Crippen LogP contribution in [0.4, 0.5) is 0 Å². The summed E-state index contributed by atoms with van der Waals surface area (Å²) in [4.78, 5) is 8.36. The van der Waals surface area contributed by atoms with E-state index in [2.05, 4.69) is 15.1 Å². The van der Waals surface area contributed by atoms with Crippen LogP contribution in [-0.4, -0.2) is 19.7 Å². The highest BCUT2D eigenvalue weighted by Gasteiger charge is 2.12. The van der Waals surface area contributed by atoms with Gasteiger partial charge >= 0.3 is 0 Å². The molecular weight excluding hydrogens is 202 g/mol. The van der Waals surface area contributed by atoms with Gasteiger partial charge in [-0.15, -0.1) is 0 Å². The molecule has 1 atom stereocenters. The third-order valence-electron chi connectivity index (χ3n) is 2.45. The van der Waals surface area contributed by atoms with Crippen LogP contribution < -0.4 is 5.73 Å². The maximum Gasteiger partial charge on any atom is 0.125 e. The van der Waals surface area contributed by atoms with Crippen LogP contribution in [0.5, 0.6) is 0 Å². The molecule has 5 nitrogen and oxygen atoms in total. The number of nitrogens with zero attached hydrogens (tertiary/aromatic N) is 4. The second kappa shape index (κ2) is 4.40. The van der Waals surface area contributed by atoms with Crippen LogP contribution in [0, 0.1) is 6.92 Å². The smallest absolute Gasteiger partial charge is 0.125 e. The Morgan fingerprint density at radius 3 is 2.94 bits per heavy atom. The van der Waals surface area contributed by atoms with E-state index in [9.17, 15) is 0 Å². The monoisotopic (exact) mass is 217 g/mol. The first-order chi connectivity index (χ1) is 7.70. The number of nitrogens with two attached hydrogens (primary N) is 1. The maximum absolute atomic E-state index is 6.11. The van der Waals surface area contributed by atoms with Crippen molar-refractivity contribution >= 4 is 0 Å². The van der Waals surface area contributed by atoms with Crippen molar-refractivity contribution in [2.45, 2.75) is 26.4 Å². The molecule has 0 fully saturated rings. The van der Waals surface area contributed by atoms with Crippen LogP contribution in [0.2, 0.25) is 0 Å². The molecule has 0 radical (unpaired) electrons. The Labute approximate surface area is 94.3 Å². The van der Waals surface area contributed by atoms with E-state index in [0.29, 0.717) is 0 Å². The third-order valence-corrected chi connectivity index (χ3v) is 2.45. The van der Waals surface area contributed by atoms with Gasteiger partial charge in [0.2, 0.25) is 0 Å². The largest absolute Gasteiger partial charge is 0.319 e. The van der Waals surface area contributed by atoms with Crippen LogP contribution in [-0.2, 0) is 6.54 Å². The van der Waals surface area contributed by atoms with Gasteiger partial charge in [0, 0.05) is 24.5 Å². The summed E-state index contributed by atoms with van der Waals surface area (Å²) >= 11 is 0. The van der Waals surface area contributed by atoms with Crippen molar-refractivity contribution in [1.29, 1.82) is 0 Å². The Bertz CT molecular complexity index is 477. The van der Waals surface area contributed by atoms with Gasteiger partial charge in [-0.05, 0) is 19.9 Å². The summed E-state index contributed by atoms with van der Waals surface area (Å²) in [6, 6.07) is 1.60. The Morgan fingerprint density at radius 2 is 2.31 bits per heavy atom. The lowest BCUT2D eigenvalue weighted by atomic mass is 10.1. The summed E-state index contributed by atoms with van der Waals surface area (Å²) < 4.78 is 1.85. The van der Waals surface area contributed by atoms with Crippen molar-refractivity contribution in [3.63, 3.8) is 0 Å². The zero-order valence-corrected chi connectivity index (χ0v) is 9.46.